The predicted octanol–water partition coefficient (Wildman–Crippen LogP) is 2.59. The molecule has 0 aliphatic rings. The number of carboxylic acids is 1. The van der Waals surface area contributed by atoms with Gasteiger partial charge in [0.2, 0.25) is 0 Å². The Hall–Kier alpha value is -2.76. The summed E-state index contributed by atoms with van der Waals surface area (Å²) in [7, 11) is 3.04. The number of rotatable bonds is 5. The molecule has 0 aliphatic heterocycles. The summed E-state index contributed by atoms with van der Waals surface area (Å²) in [5, 5.41) is 9.08. The number of ether oxygens (including phenoxy) is 3. The van der Waals surface area contributed by atoms with Gasteiger partial charge in [-0.1, -0.05) is 0 Å². The van der Waals surface area contributed by atoms with Crippen LogP contribution in [0.15, 0.2) is 36.7 Å². The van der Waals surface area contributed by atoms with Crippen LogP contribution in [0.25, 0.3) is 0 Å². The van der Waals surface area contributed by atoms with Crippen LogP contribution in [0.1, 0.15) is 10.4 Å². The van der Waals surface area contributed by atoms with Gasteiger partial charge in [-0.25, -0.2) is 4.79 Å². The number of hydrogen-bond donors (Lipinski definition) is 1. The minimum Gasteiger partial charge on any atom is -0.496 e. The Balaban J connectivity index is 2.37. The minimum absolute atomic E-state index is 0.0192. The highest BCUT2D eigenvalue weighted by atomic mass is 16.5. The van der Waals surface area contributed by atoms with Gasteiger partial charge in [-0.2, -0.15) is 0 Å². The molecule has 1 heterocycles. The normalized spacial score (nSPS) is 9.90. The van der Waals surface area contributed by atoms with Crippen molar-refractivity contribution in [2.75, 3.05) is 14.2 Å². The molecule has 0 saturated heterocycles. The van der Waals surface area contributed by atoms with Crippen molar-refractivity contribution >= 4 is 5.97 Å². The molecule has 0 radical (unpaired) electrons. The van der Waals surface area contributed by atoms with E-state index >= 15 is 0 Å². The lowest BCUT2D eigenvalue weighted by Gasteiger charge is -2.11. The molecule has 2 rings (SSSR count). The molecule has 0 bridgehead atoms. The Morgan fingerprint density at radius 3 is 2.25 bits per heavy atom. The first-order chi connectivity index (χ1) is 9.63. The smallest absolute Gasteiger partial charge is 0.341 e. The van der Waals surface area contributed by atoms with Crippen molar-refractivity contribution in [2.24, 2.45) is 0 Å². The Morgan fingerprint density at radius 1 is 1.10 bits per heavy atom. The third-order valence-corrected chi connectivity index (χ3v) is 2.56. The fourth-order valence-electron chi connectivity index (χ4n) is 1.60. The van der Waals surface area contributed by atoms with Crippen LogP contribution in [0.2, 0.25) is 0 Å². The molecule has 1 aromatic heterocycles. The fraction of sp³-hybridized carbons (Fsp3) is 0.143. The number of aromatic nitrogens is 1. The molecule has 0 fully saturated rings. The SMILES string of the molecule is COc1cc(OC)cc(Oc2ccncc2C(=O)O)c1. The van der Waals surface area contributed by atoms with E-state index < -0.39 is 5.97 Å². The average Bonchev–Trinajstić information content (AvgIpc) is 2.47. The van der Waals surface area contributed by atoms with E-state index in [1.807, 2.05) is 0 Å². The summed E-state index contributed by atoms with van der Waals surface area (Å²) in [5.74, 6) is 0.594. The van der Waals surface area contributed by atoms with Crippen molar-refractivity contribution in [2.45, 2.75) is 0 Å². The van der Waals surface area contributed by atoms with Crippen LogP contribution in [0.4, 0.5) is 0 Å². The zero-order valence-corrected chi connectivity index (χ0v) is 11.0. The van der Waals surface area contributed by atoms with Crippen LogP contribution >= 0.6 is 0 Å². The first kappa shape index (κ1) is 13.7. The van der Waals surface area contributed by atoms with Gasteiger partial charge in [0.1, 0.15) is 28.6 Å². The number of hydrogen-bond acceptors (Lipinski definition) is 5. The highest BCUT2D eigenvalue weighted by Crippen LogP contribution is 2.31. The Kier molecular flexibility index (Phi) is 4.05. The number of aromatic carboxylic acids is 1. The Labute approximate surface area is 115 Å². The average molecular weight is 275 g/mol. The first-order valence-electron chi connectivity index (χ1n) is 5.72. The third kappa shape index (κ3) is 2.97. The maximum atomic E-state index is 11.1. The molecule has 0 atom stereocenters. The summed E-state index contributed by atoms with van der Waals surface area (Å²) in [5.41, 5.74) is -0.0192. The number of nitrogens with zero attached hydrogens (tertiary/aromatic N) is 1. The highest BCUT2D eigenvalue weighted by molar-refractivity contribution is 5.90. The zero-order chi connectivity index (χ0) is 14.5. The van der Waals surface area contributed by atoms with Gasteiger partial charge in [-0.3, -0.25) is 4.98 Å². The van der Waals surface area contributed by atoms with Crippen LogP contribution in [-0.4, -0.2) is 30.3 Å². The topological polar surface area (TPSA) is 77.9 Å². The summed E-state index contributed by atoms with van der Waals surface area (Å²) in [4.78, 5) is 14.9. The van der Waals surface area contributed by atoms with E-state index in [1.54, 1.807) is 18.2 Å². The number of pyridine rings is 1. The number of methoxy groups -OCH3 is 2. The van der Waals surface area contributed by atoms with E-state index in [1.165, 1.54) is 32.7 Å². The van der Waals surface area contributed by atoms with Crippen molar-refractivity contribution in [1.29, 1.82) is 0 Å². The van der Waals surface area contributed by atoms with E-state index in [-0.39, 0.29) is 11.3 Å². The molecule has 1 aromatic carbocycles. The van der Waals surface area contributed by atoms with Crippen LogP contribution < -0.4 is 14.2 Å². The molecule has 1 N–H and O–H groups in total. The van der Waals surface area contributed by atoms with Crippen LogP contribution in [0.5, 0.6) is 23.0 Å². The zero-order valence-electron chi connectivity index (χ0n) is 11.0. The minimum atomic E-state index is -1.11. The number of benzene rings is 1. The van der Waals surface area contributed by atoms with Gasteiger partial charge in [0.25, 0.3) is 0 Å². The lowest BCUT2D eigenvalue weighted by Crippen LogP contribution is -2.00. The Morgan fingerprint density at radius 2 is 1.70 bits per heavy atom. The monoisotopic (exact) mass is 275 g/mol. The fourth-order valence-corrected chi connectivity index (χ4v) is 1.60. The van der Waals surface area contributed by atoms with Crippen LogP contribution in [-0.2, 0) is 0 Å². The number of carboxylic acid groups (broad SMARTS) is 1. The molecule has 0 amide bonds. The van der Waals surface area contributed by atoms with Crippen LogP contribution in [0.3, 0.4) is 0 Å². The summed E-state index contributed by atoms with van der Waals surface area (Å²) in [6, 6.07) is 6.44. The van der Waals surface area contributed by atoms with Crippen molar-refractivity contribution in [1.82, 2.24) is 4.98 Å². The predicted molar refractivity (Wildman–Crippen MR) is 70.8 cm³/mol. The highest BCUT2D eigenvalue weighted by Gasteiger charge is 2.13. The third-order valence-electron chi connectivity index (χ3n) is 2.56. The van der Waals surface area contributed by atoms with Crippen LogP contribution in [0, 0.1) is 0 Å². The molecule has 6 heteroatoms. The molecule has 0 spiro atoms. The largest absolute Gasteiger partial charge is 0.496 e. The molecule has 20 heavy (non-hydrogen) atoms. The van der Waals surface area contributed by atoms with E-state index in [0.717, 1.165) is 0 Å². The van der Waals surface area contributed by atoms with Gasteiger partial charge in [0.15, 0.2) is 0 Å². The van der Waals surface area contributed by atoms with E-state index in [4.69, 9.17) is 19.3 Å². The van der Waals surface area contributed by atoms with Gasteiger partial charge >= 0.3 is 5.97 Å². The maximum absolute atomic E-state index is 11.1. The van der Waals surface area contributed by atoms with Crippen molar-refractivity contribution in [3.8, 4) is 23.0 Å². The second-order valence-corrected chi connectivity index (χ2v) is 3.83. The van der Waals surface area contributed by atoms with E-state index in [9.17, 15) is 4.79 Å². The summed E-state index contributed by atoms with van der Waals surface area (Å²) in [6.45, 7) is 0. The summed E-state index contributed by atoms with van der Waals surface area (Å²) >= 11 is 0. The lowest BCUT2D eigenvalue weighted by atomic mass is 10.2. The van der Waals surface area contributed by atoms with E-state index in [2.05, 4.69) is 4.98 Å². The summed E-state index contributed by atoms with van der Waals surface area (Å²) in [6.07, 6.45) is 2.69. The van der Waals surface area contributed by atoms with Gasteiger partial charge in [0.05, 0.1) is 14.2 Å². The van der Waals surface area contributed by atoms with Gasteiger partial charge in [-0.15, -0.1) is 0 Å². The molecule has 0 saturated carbocycles. The second kappa shape index (κ2) is 5.92. The summed E-state index contributed by atoms with van der Waals surface area (Å²) < 4.78 is 15.8. The second-order valence-electron chi connectivity index (χ2n) is 3.83. The van der Waals surface area contributed by atoms with Gasteiger partial charge in [0, 0.05) is 36.7 Å². The standard InChI is InChI=1S/C14H13NO5/c1-18-9-5-10(19-2)7-11(6-9)20-13-3-4-15-8-12(13)14(16)17/h3-8H,1-2H3,(H,16,17). The van der Waals surface area contributed by atoms with Gasteiger partial charge in [-0.05, 0) is 0 Å². The molecular weight excluding hydrogens is 262 g/mol. The molecule has 0 unspecified atom stereocenters. The first-order valence-corrected chi connectivity index (χ1v) is 5.72. The molecular formula is C14H13NO5. The molecule has 6 nitrogen and oxygen atoms in total. The molecule has 104 valence electrons. The lowest BCUT2D eigenvalue weighted by molar-refractivity contribution is 0.0693. The Bertz CT molecular complexity index is 604. The molecule has 0 aliphatic carbocycles. The van der Waals surface area contributed by atoms with Crippen molar-refractivity contribution in [3.63, 3.8) is 0 Å². The maximum Gasteiger partial charge on any atom is 0.341 e. The van der Waals surface area contributed by atoms with Gasteiger partial charge < -0.3 is 19.3 Å². The number of carbonyl (C=O) groups is 1. The molecule has 2 aromatic rings. The van der Waals surface area contributed by atoms with E-state index in [0.29, 0.717) is 17.2 Å². The quantitative estimate of drug-likeness (QED) is 0.903. The van der Waals surface area contributed by atoms with Crippen molar-refractivity contribution in [3.05, 3.63) is 42.2 Å². The van der Waals surface area contributed by atoms with Crippen molar-refractivity contribution < 1.29 is 24.1 Å².